The smallest absolute Gasteiger partial charge is 0.219 e. The molecule has 0 N–H and O–H groups in total. The van der Waals surface area contributed by atoms with E-state index < -0.39 is 0 Å². The standard InChI is InChI=1S/C16H20OS/c1-12(2)10-13(3)14(4)16(17)18-11-15-8-6-5-7-9-15/h5-10,12H,4,11H2,1-3H3/b13-10-. The highest BCUT2D eigenvalue weighted by molar-refractivity contribution is 8.13. The third kappa shape index (κ3) is 4.92. The number of hydrogen-bond acceptors (Lipinski definition) is 2. The van der Waals surface area contributed by atoms with E-state index in [1.807, 2.05) is 37.3 Å². The lowest BCUT2D eigenvalue weighted by molar-refractivity contribution is -0.107. The molecule has 1 rings (SSSR count). The largest absolute Gasteiger partial charge is 0.282 e. The number of carbonyl (C=O) groups excluding carboxylic acids is 1. The minimum Gasteiger partial charge on any atom is -0.282 e. The van der Waals surface area contributed by atoms with Crippen molar-refractivity contribution >= 4 is 16.9 Å². The molecule has 0 atom stereocenters. The fraction of sp³-hybridized carbons (Fsp3) is 0.312. The fourth-order valence-electron chi connectivity index (χ4n) is 1.57. The highest BCUT2D eigenvalue weighted by Gasteiger charge is 2.10. The Balaban J connectivity index is 2.54. The average Bonchev–Trinajstić information content (AvgIpc) is 2.35. The molecule has 96 valence electrons. The molecule has 0 spiro atoms. The summed E-state index contributed by atoms with van der Waals surface area (Å²) in [7, 11) is 0. The monoisotopic (exact) mass is 260 g/mol. The van der Waals surface area contributed by atoms with Crippen molar-refractivity contribution < 1.29 is 4.79 Å². The highest BCUT2D eigenvalue weighted by atomic mass is 32.2. The van der Waals surface area contributed by atoms with E-state index in [9.17, 15) is 4.79 Å². The van der Waals surface area contributed by atoms with Gasteiger partial charge < -0.3 is 0 Å². The van der Waals surface area contributed by atoms with Crippen molar-refractivity contribution in [2.24, 2.45) is 5.92 Å². The van der Waals surface area contributed by atoms with Crippen LogP contribution in [0.4, 0.5) is 0 Å². The van der Waals surface area contributed by atoms with Gasteiger partial charge in [-0.1, -0.05) is 68.6 Å². The summed E-state index contributed by atoms with van der Waals surface area (Å²) in [6, 6.07) is 10.0. The van der Waals surface area contributed by atoms with E-state index in [4.69, 9.17) is 0 Å². The maximum atomic E-state index is 12.0. The average molecular weight is 260 g/mol. The molecule has 0 unspecified atom stereocenters. The Kier molecular flexibility index (Phi) is 5.93. The van der Waals surface area contributed by atoms with Gasteiger partial charge in [0.05, 0.1) is 0 Å². The molecule has 0 aliphatic heterocycles. The Morgan fingerprint density at radius 1 is 1.33 bits per heavy atom. The van der Waals surface area contributed by atoms with Crippen LogP contribution >= 0.6 is 11.8 Å². The van der Waals surface area contributed by atoms with Crippen LogP contribution in [0.25, 0.3) is 0 Å². The summed E-state index contributed by atoms with van der Waals surface area (Å²) in [6.45, 7) is 10.0. The van der Waals surface area contributed by atoms with Crippen molar-refractivity contribution in [2.75, 3.05) is 0 Å². The summed E-state index contributed by atoms with van der Waals surface area (Å²) in [5.74, 6) is 1.14. The van der Waals surface area contributed by atoms with Gasteiger partial charge in [0.1, 0.15) is 0 Å². The molecule has 1 aromatic carbocycles. The van der Waals surface area contributed by atoms with Crippen LogP contribution < -0.4 is 0 Å². The summed E-state index contributed by atoms with van der Waals surface area (Å²) in [5.41, 5.74) is 2.76. The van der Waals surface area contributed by atoms with Crippen LogP contribution in [-0.4, -0.2) is 5.12 Å². The summed E-state index contributed by atoms with van der Waals surface area (Å²) in [4.78, 5) is 12.0. The molecular weight excluding hydrogens is 240 g/mol. The topological polar surface area (TPSA) is 17.1 Å². The molecule has 0 aliphatic carbocycles. The molecule has 0 saturated heterocycles. The Labute approximate surface area is 114 Å². The molecule has 0 bridgehead atoms. The van der Waals surface area contributed by atoms with Crippen molar-refractivity contribution in [2.45, 2.75) is 26.5 Å². The molecule has 0 fully saturated rings. The number of benzene rings is 1. The van der Waals surface area contributed by atoms with E-state index in [0.717, 1.165) is 11.1 Å². The Hall–Kier alpha value is -1.28. The van der Waals surface area contributed by atoms with E-state index in [1.165, 1.54) is 11.8 Å². The second kappa shape index (κ2) is 7.22. The minimum absolute atomic E-state index is 0.0632. The van der Waals surface area contributed by atoms with Gasteiger partial charge in [-0.25, -0.2) is 0 Å². The predicted molar refractivity (Wildman–Crippen MR) is 80.5 cm³/mol. The molecule has 0 radical (unpaired) electrons. The zero-order chi connectivity index (χ0) is 13.5. The van der Waals surface area contributed by atoms with E-state index in [-0.39, 0.29) is 5.12 Å². The van der Waals surface area contributed by atoms with Gasteiger partial charge in [0.2, 0.25) is 5.12 Å². The Morgan fingerprint density at radius 2 is 1.94 bits per heavy atom. The molecule has 2 heteroatoms. The van der Waals surface area contributed by atoms with Crippen molar-refractivity contribution in [3.8, 4) is 0 Å². The first kappa shape index (κ1) is 14.8. The molecule has 18 heavy (non-hydrogen) atoms. The van der Waals surface area contributed by atoms with Gasteiger partial charge in [0.15, 0.2) is 0 Å². The normalized spacial score (nSPS) is 11.7. The van der Waals surface area contributed by atoms with E-state index in [1.54, 1.807) is 0 Å². The summed E-state index contributed by atoms with van der Waals surface area (Å²) < 4.78 is 0. The fourth-order valence-corrected chi connectivity index (χ4v) is 2.40. The van der Waals surface area contributed by atoms with Crippen molar-refractivity contribution in [1.29, 1.82) is 0 Å². The lowest BCUT2D eigenvalue weighted by Crippen LogP contribution is -1.99. The number of carbonyl (C=O) groups is 1. The number of rotatable bonds is 5. The minimum atomic E-state index is 0.0632. The third-order valence-corrected chi connectivity index (χ3v) is 3.50. The zero-order valence-electron chi connectivity index (χ0n) is 11.3. The van der Waals surface area contributed by atoms with Gasteiger partial charge in [-0.15, -0.1) is 0 Å². The van der Waals surface area contributed by atoms with Gasteiger partial charge in [-0.3, -0.25) is 4.79 Å². The van der Waals surface area contributed by atoms with Crippen LogP contribution in [0.3, 0.4) is 0 Å². The van der Waals surface area contributed by atoms with Gasteiger partial charge in [0.25, 0.3) is 0 Å². The first-order chi connectivity index (χ1) is 8.50. The number of hydrogen-bond donors (Lipinski definition) is 0. The molecule has 1 nitrogen and oxygen atoms in total. The van der Waals surface area contributed by atoms with Crippen LogP contribution in [0.2, 0.25) is 0 Å². The number of allylic oxidation sites excluding steroid dienone is 2. The van der Waals surface area contributed by atoms with E-state index in [0.29, 0.717) is 17.2 Å². The molecular formula is C16H20OS. The second-order valence-electron chi connectivity index (χ2n) is 4.63. The number of thioether (sulfide) groups is 1. The molecule has 0 aromatic heterocycles. The second-order valence-corrected chi connectivity index (χ2v) is 5.58. The maximum Gasteiger partial charge on any atom is 0.219 e. The van der Waals surface area contributed by atoms with Crippen LogP contribution in [0.1, 0.15) is 26.3 Å². The SMILES string of the molecule is C=C(C(=O)SCc1ccccc1)/C(C)=C\C(C)C. The van der Waals surface area contributed by atoms with Crippen LogP contribution in [0.5, 0.6) is 0 Å². The van der Waals surface area contributed by atoms with Crippen molar-refractivity contribution in [3.05, 3.63) is 59.7 Å². The first-order valence-electron chi connectivity index (χ1n) is 6.09. The van der Waals surface area contributed by atoms with E-state index in [2.05, 4.69) is 26.5 Å². The molecule has 1 aromatic rings. The molecule has 0 aliphatic rings. The van der Waals surface area contributed by atoms with Gasteiger partial charge in [-0.05, 0) is 24.0 Å². The zero-order valence-corrected chi connectivity index (χ0v) is 12.1. The first-order valence-corrected chi connectivity index (χ1v) is 7.08. The molecule has 0 amide bonds. The lowest BCUT2D eigenvalue weighted by atomic mass is 10.1. The predicted octanol–water partition coefficient (Wildman–Crippen LogP) is 4.60. The summed E-state index contributed by atoms with van der Waals surface area (Å²) in [5, 5.41) is 0.0632. The van der Waals surface area contributed by atoms with Crippen LogP contribution in [-0.2, 0) is 10.5 Å². The van der Waals surface area contributed by atoms with Crippen molar-refractivity contribution in [3.63, 3.8) is 0 Å². The Bertz CT molecular complexity index is 443. The highest BCUT2D eigenvalue weighted by Crippen LogP contribution is 2.21. The Morgan fingerprint density at radius 3 is 2.50 bits per heavy atom. The quantitative estimate of drug-likeness (QED) is 0.568. The lowest BCUT2D eigenvalue weighted by Gasteiger charge is -2.06. The van der Waals surface area contributed by atoms with E-state index >= 15 is 0 Å². The summed E-state index contributed by atoms with van der Waals surface area (Å²) in [6.07, 6.45) is 2.07. The van der Waals surface area contributed by atoms with Crippen molar-refractivity contribution in [1.82, 2.24) is 0 Å². The van der Waals surface area contributed by atoms with Crippen LogP contribution in [0.15, 0.2) is 54.1 Å². The maximum absolute atomic E-state index is 12.0. The van der Waals surface area contributed by atoms with Gasteiger partial charge in [0, 0.05) is 11.3 Å². The van der Waals surface area contributed by atoms with Gasteiger partial charge in [-0.2, -0.15) is 0 Å². The summed E-state index contributed by atoms with van der Waals surface area (Å²) >= 11 is 1.31. The third-order valence-electron chi connectivity index (χ3n) is 2.52. The van der Waals surface area contributed by atoms with Gasteiger partial charge >= 0.3 is 0 Å². The molecule has 0 saturated carbocycles. The molecule has 0 heterocycles. The van der Waals surface area contributed by atoms with Crippen LogP contribution in [0, 0.1) is 5.92 Å².